The predicted molar refractivity (Wildman–Crippen MR) is 113 cm³/mol. The lowest BCUT2D eigenvalue weighted by Gasteiger charge is -2.10. The third-order valence-electron chi connectivity index (χ3n) is 4.57. The van der Waals surface area contributed by atoms with Crippen LogP contribution in [0.15, 0.2) is 78.9 Å². The number of hydrogen-bond donors (Lipinski definition) is 1. The van der Waals surface area contributed by atoms with Crippen LogP contribution in [-0.2, 0) is 13.7 Å². The number of halogens is 1. The molecule has 0 aliphatic carbocycles. The number of nitrogens with zero attached hydrogens (tertiary/aromatic N) is 1. The number of nitrogens with one attached hydrogen (secondary N) is 1. The highest BCUT2D eigenvalue weighted by molar-refractivity contribution is 6.31. The number of fused-ring (bicyclic) bond motifs is 1. The van der Waals surface area contributed by atoms with Gasteiger partial charge in [0.25, 0.3) is 5.91 Å². The number of para-hydroxylation sites is 1. The van der Waals surface area contributed by atoms with Gasteiger partial charge in [-0.1, -0.05) is 48.0 Å². The van der Waals surface area contributed by atoms with Crippen molar-refractivity contribution in [3.63, 3.8) is 0 Å². The summed E-state index contributed by atoms with van der Waals surface area (Å²) in [7, 11) is 1.86. The van der Waals surface area contributed by atoms with Crippen LogP contribution < -0.4 is 10.1 Å². The summed E-state index contributed by atoms with van der Waals surface area (Å²) in [4.78, 5) is 12.8. The van der Waals surface area contributed by atoms with Crippen molar-refractivity contribution in [3.05, 3.63) is 95.1 Å². The van der Waals surface area contributed by atoms with Crippen molar-refractivity contribution >= 4 is 34.1 Å². The average Bonchev–Trinajstić information content (AvgIpc) is 3.04. The lowest BCUT2D eigenvalue weighted by molar-refractivity contribution is 0.101. The van der Waals surface area contributed by atoms with Gasteiger partial charge in [-0.3, -0.25) is 4.79 Å². The zero-order valence-electron chi connectivity index (χ0n) is 15.4. The topological polar surface area (TPSA) is 43.3 Å². The molecular formula is C23H19ClN2O2. The van der Waals surface area contributed by atoms with Crippen LogP contribution in [0, 0.1) is 0 Å². The van der Waals surface area contributed by atoms with E-state index in [-0.39, 0.29) is 5.91 Å². The fourth-order valence-electron chi connectivity index (χ4n) is 3.14. The highest BCUT2D eigenvalue weighted by Gasteiger charge is 2.14. The standard InChI is InChI=1S/C23H19ClN2O2/c1-26-21-14-18(24)11-10-17(21)13-22(26)23(27)25-19-7-5-6-16(12-19)15-28-20-8-3-2-4-9-20/h2-14H,15H2,1H3,(H,25,27). The van der Waals surface area contributed by atoms with Gasteiger partial charge in [0, 0.05) is 28.7 Å². The first-order valence-corrected chi connectivity index (χ1v) is 9.31. The Morgan fingerprint density at radius 2 is 1.82 bits per heavy atom. The molecule has 0 saturated carbocycles. The second kappa shape index (κ2) is 7.79. The normalized spacial score (nSPS) is 10.8. The second-order valence-electron chi connectivity index (χ2n) is 6.55. The van der Waals surface area contributed by atoms with Crippen molar-refractivity contribution in [1.29, 1.82) is 0 Å². The van der Waals surface area contributed by atoms with E-state index in [2.05, 4.69) is 5.32 Å². The number of ether oxygens (including phenoxy) is 1. The van der Waals surface area contributed by atoms with Crippen molar-refractivity contribution in [3.8, 4) is 5.75 Å². The number of amides is 1. The summed E-state index contributed by atoms with van der Waals surface area (Å²) in [5.41, 5.74) is 3.19. The summed E-state index contributed by atoms with van der Waals surface area (Å²) in [6, 6.07) is 24.8. The van der Waals surface area contributed by atoms with E-state index in [1.807, 2.05) is 90.5 Å². The van der Waals surface area contributed by atoms with Gasteiger partial charge in [0.2, 0.25) is 0 Å². The van der Waals surface area contributed by atoms with Crippen molar-refractivity contribution in [2.24, 2.45) is 7.05 Å². The summed E-state index contributed by atoms with van der Waals surface area (Å²) >= 11 is 6.07. The average molecular weight is 391 g/mol. The van der Waals surface area contributed by atoms with E-state index in [0.717, 1.165) is 27.9 Å². The SMILES string of the molecule is Cn1c(C(=O)Nc2cccc(COc3ccccc3)c2)cc2ccc(Cl)cc21. The van der Waals surface area contributed by atoms with Gasteiger partial charge in [-0.15, -0.1) is 0 Å². The monoisotopic (exact) mass is 390 g/mol. The molecule has 1 N–H and O–H groups in total. The molecule has 5 heteroatoms. The largest absolute Gasteiger partial charge is 0.489 e. The molecule has 0 spiro atoms. The first-order chi connectivity index (χ1) is 13.6. The Balaban J connectivity index is 1.50. The minimum absolute atomic E-state index is 0.170. The molecule has 3 aromatic carbocycles. The molecular weight excluding hydrogens is 372 g/mol. The summed E-state index contributed by atoms with van der Waals surface area (Å²) in [5.74, 6) is 0.641. The summed E-state index contributed by atoms with van der Waals surface area (Å²) in [6.45, 7) is 0.431. The van der Waals surface area contributed by atoms with Gasteiger partial charge in [0.05, 0.1) is 0 Å². The maximum atomic E-state index is 12.8. The molecule has 0 unspecified atom stereocenters. The molecule has 0 aliphatic heterocycles. The lowest BCUT2D eigenvalue weighted by atomic mass is 10.2. The van der Waals surface area contributed by atoms with Crippen LogP contribution in [0.4, 0.5) is 5.69 Å². The Labute approximate surface area is 168 Å². The minimum atomic E-state index is -0.170. The molecule has 0 radical (unpaired) electrons. The molecule has 0 bridgehead atoms. The molecule has 0 atom stereocenters. The van der Waals surface area contributed by atoms with Crippen LogP contribution in [0.2, 0.25) is 5.02 Å². The van der Waals surface area contributed by atoms with E-state index in [1.54, 1.807) is 0 Å². The first kappa shape index (κ1) is 18.1. The molecule has 140 valence electrons. The van der Waals surface area contributed by atoms with Crippen molar-refractivity contribution in [1.82, 2.24) is 4.57 Å². The first-order valence-electron chi connectivity index (χ1n) is 8.93. The van der Waals surface area contributed by atoms with Gasteiger partial charge >= 0.3 is 0 Å². The van der Waals surface area contributed by atoms with Gasteiger partial charge in [-0.2, -0.15) is 0 Å². The highest BCUT2D eigenvalue weighted by atomic mass is 35.5. The fraction of sp³-hybridized carbons (Fsp3) is 0.0870. The molecule has 4 rings (SSSR count). The number of anilines is 1. The van der Waals surface area contributed by atoms with Gasteiger partial charge < -0.3 is 14.6 Å². The molecule has 1 heterocycles. The molecule has 0 aliphatic rings. The van der Waals surface area contributed by atoms with Crippen LogP contribution in [0.25, 0.3) is 10.9 Å². The Kier molecular flexibility index (Phi) is 5.04. The maximum absolute atomic E-state index is 12.8. The number of aryl methyl sites for hydroxylation is 1. The molecule has 4 aromatic rings. The van der Waals surface area contributed by atoms with Crippen molar-refractivity contribution < 1.29 is 9.53 Å². The number of rotatable bonds is 5. The van der Waals surface area contributed by atoms with E-state index in [1.165, 1.54) is 0 Å². The molecule has 0 saturated heterocycles. The van der Waals surface area contributed by atoms with Crippen LogP contribution in [0.3, 0.4) is 0 Å². The van der Waals surface area contributed by atoms with E-state index in [9.17, 15) is 4.79 Å². The minimum Gasteiger partial charge on any atom is -0.489 e. The van der Waals surface area contributed by atoms with E-state index in [4.69, 9.17) is 16.3 Å². The molecule has 4 nitrogen and oxygen atoms in total. The Morgan fingerprint density at radius 3 is 2.64 bits per heavy atom. The number of benzene rings is 3. The van der Waals surface area contributed by atoms with Crippen molar-refractivity contribution in [2.45, 2.75) is 6.61 Å². The predicted octanol–water partition coefficient (Wildman–Crippen LogP) is 5.66. The third-order valence-corrected chi connectivity index (χ3v) is 4.81. The van der Waals surface area contributed by atoms with Crippen LogP contribution >= 0.6 is 11.6 Å². The number of carbonyl (C=O) groups excluding carboxylic acids is 1. The summed E-state index contributed by atoms with van der Waals surface area (Å²) in [6.07, 6.45) is 0. The second-order valence-corrected chi connectivity index (χ2v) is 6.98. The van der Waals surface area contributed by atoms with E-state index in [0.29, 0.717) is 17.3 Å². The molecule has 1 amide bonds. The number of carbonyl (C=O) groups is 1. The van der Waals surface area contributed by atoms with Gasteiger partial charge in [-0.25, -0.2) is 0 Å². The summed E-state index contributed by atoms with van der Waals surface area (Å²) < 4.78 is 7.62. The Hall–Kier alpha value is -3.24. The maximum Gasteiger partial charge on any atom is 0.272 e. The zero-order chi connectivity index (χ0) is 19.5. The zero-order valence-corrected chi connectivity index (χ0v) is 16.1. The quantitative estimate of drug-likeness (QED) is 0.477. The molecule has 0 fully saturated rings. The van der Waals surface area contributed by atoms with Crippen LogP contribution in [-0.4, -0.2) is 10.5 Å². The van der Waals surface area contributed by atoms with E-state index < -0.39 is 0 Å². The molecule has 28 heavy (non-hydrogen) atoms. The Morgan fingerprint density at radius 1 is 1.00 bits per heavy atom. The van der Waals surface area contributed by atoms with Crippen LogP contribution in [0.5, 0.6) is 5.75 Å². The van der Waals surface area contributed by atoms with Crippen LogP contribution in [0.1, 0.15) is 16.1 Å². The lowest BCUT2D eigenvalue weighted by Crippen LogP contribution is -2.15. The summed E-state index contributed by atoms with van der Waals surface area (Å²) in [5, 5.41) is 4.58. The molecule has 1 aromatic heterocycles. The third kappa shape index (κ3) is 3.87. The Bertz CT molecular complexity index is 1140. The fourth-order valence-corrected chi connectivity index (χ4v) is 3.30. The number of aromatic nitrogens is 1. The van der Waals surface area contributed by atoms with Gasteiger partial charge in [0.15, 0.2) is 0 Å². The van der Waals surface area contributed by atoms with Gasteiger partial charge in [0.1, 0.15) is 18.1 Å². The van der Waals surface area contributed by atoms with Gasteiger partial charge in [-0.05, 0) is 48.0 Å². The number of hydrogen-bond acceptors (Lipinski definition) is 2. The van der Waals surface area contributed by atoms with Crippen molar-refractivity contribution in [2.75, 3.05) is 5.32 Å². The van der Waals surface area contributed by atoms with E-state index >= 15 is 0 Å². The smallest absolute Gasteiger partial charge is 0.272 e. The highest BCUT2D eigenvalue weighted by Crippen LogP contribution is 2.23.